The highest BCUT2D eigenvalue weighted by Gasteiger charge is 2.17. The summed E-state index contributed by atoms with van der Waals surface area (Å²) in [6.45, 7) is 5.67. The number of benzene rings is 2. The fourth-order valence-electron chi connectivity index (χ4n) is 2.57. The lowest BCUT2D eigenvalue weighted by Gasteiger charge is -2.10. The van der Waals surface area contributed by atoms with Crippen LogP contribution in [0.5, 0.6) is 5.75 Å². The van der Waals surface area contributed by atoms with Crippen molar-refractivity contribution in [3.63, 3.8) is 0 Å². The van der Waals surface area contributed by atoms with Crippen LogP contribution in [0.15, 0.2) is 93.3 Å². The predicted octanol–water partition coefficient (Wildman–Crippen LogP) is 5.18. The van der Waals surface area contributed by atoms with Crippen molar-refractivity contribution in [2.75, 3.05) is 7.11 Å². The van der Waals surface area contributed by atoms with Gasteiger partial charge in [0.25, 0.3) is 0 Å². The first-order valence-electron chi connectivity index (χ1n) is 8.16. The molecule has 3 rings (SSSR count). The van der Waals surface area contributed by atoms with E-state index in [9.17, 15) is 4.79 Å². The van der Waals surface area contributed by atoms with E-state index >= 15 is 0 Å². The SMILES string of the molecule is C=C(C=O)/C=C\C1=C(C)N=C(c2ccc(OC)cc2)c2ccccc2S1. The van der Waals surface area contributed by atoms with Gasteiger partial charge in [-0.15, -0.1) is 0 Å². The van der Waals surface area contributed by atoms with Gasteiger partial charge in [0.05, 0.1) is 18.5 Å². The largest absolute Gasteiger partial charge is 0.497 e. The first-order chi connectivity index (χ1) is 12.6. The summed E-state index contributed by atoms with van der Waals surface area (Å²) in [7, 11) is 1.66. The monoisotopic (exact) mass is 361 g/mol. The number of hydrogen-bond donors (Lipinski definition) is 0. The van der Waals surface area contributed by atoms with E-state index in [1.165, 1.54) is 0 Å². The minimum atomic E-state index is 0.433. The smallest absolute Gasteiger partial charge is 0.149 e. The first-order valence-corrected chi connectivity index (χ1v) is 8.97. The summed E-state index contributed by atoms with van der Waals surface area (Å²) >= 11 is 1.64. The minimum absolute atomic E-state index is 0.433. The van der Waals surface area contributed by atoms with Crippen LogP contribution >= 0.6 is 11.8 Å². The van der Waals surface area contributed by atoms with Crippen LogP contribution < -0.4 is 4.74 Å². The predicted molar refractivity (Wildman–Crippen MR) is 108 cm³/mol. The minimum Gasteiger partial charge on any atom is -0.497 e. The van der Waals surface area contributed by atoms with Crippen molar-refractivity contribution in [3.8, 4) is 5.75 Å². The lowest BCUT2D eigenvalue weighted by Crippen LogP contribution is -2.04. The van der Waals surface area contributed by atoms with Gasteiger partial charge in [0, 0.05) is 26.5 Å². The fourth-order valence-corrected chi connectivity index (χ4v) is 3.56. The number of aldehydes is 1. The summed E-state index contributed by atoms with van der Waals surface area (Å²) in [6.07, 6.45) is 4.36. The summed E-state index contributed by atoms with van der Waals surface area (Å²) in [5.41, 5.74) is 4.36. The highest BCUT2D eigenvalue weighted by atomic mass is 32.2. The highest BCUT2D eigenvalue weighted by Crippen LogP contribution is 2.37. The number of carbonyl (C=O) groups excluding carboxylic acids is 1. The van der Waals surface area contributed by atoms with Crippen LogP contribution in [-0.4, -0.2) is 19.1 Å². The van der Waals surface area contributed by atoms with Gasteiger partial charge in [-0.05, 0) is 43.3 Å². The van der Waals surface area contributed by atoms with Crippen LogP contribution in [0.25, 0.3) is 0 Å². The number of thioether (sulfide) groups is 1. The molecule has 1 aliphatic rings. The van der Waals surface area contributed by atoms with Gasteiger partial charge in [0.1, 0.15) is 12.0 Å². The Kier molecular flexibility index (Phi) is 5.54. The summed E-state index contributed by atoms with van der Waals surface area (Å²) in [5.74, 6) is 0.814. The molecule has 1 heterocycles. The Morgan fingerprint density at radius 3 is 2.58 bits per heavy atom. The van der Waals surface area contributed by atoms with Gasteiger partial charge in [-0.25, -0.2) is 0 Å². The molecule has 0 bridgehead atoms. The number of carbonyl (C=O) groups is 1. The van der Waals surface area contributed by atoms with Crippen LogP contribution in [0.2, 0.25) is 0 Å². The maximum atomic E-state index is 10.8. The van der Waals surface area contributed by atoms with Gasteiger partial charge in [-0.2, -0.15) is 0 Å². The third-order valence-corrected chi connectivity index (χ3v) is 5.19. The molecule has 0 saturated heterocycles. The summed E-state index contributed by atoms with van der Waals surface area (Å²) in [5, 5.41) is 0. The van der Waals surface area contributed by atoms with Crippen LogP contribution in [0.4, 0.5) is 0 Å². The zero-order valence-electron chi connectivity index (χ0n) is 14.7. The number of allylic oxidation sites excluding steroid dienone is 4. The summed E-state index contributed by atoms with van der Waals surface area (Å²) < 4.78 is 5.25. The number of rotatable bonds is 5. The molecule has 130 valence electrons. The highest BCUT2D eigenvalue weighted by molar-refractivity contribution is 8.03. The molecule has 3 nitrogen and oxygen atoms in total. The second kappa shape index (κ2) is 8.02. The molecule has 0 radical (unpaired) electrons. The summed E-state index contributed by atoms with van der Waals surface area (Å²) in [6, 6.07) is 16.1. The van der Waals surface area contributed by atoms with Crippen LogP contribution in [0.1, 0.15) is 18.1 Å². The molecule has 0 aromatic heterocycles. The molecular formula is C22H19NO2S. The zero-order chi connectivity index (χ0) is 18.5. The van der Waals surface area contributed by atoms with E-state index in [0.717, 1.165) is 44.4 Å². The van der Waals surface area contributed by atoms with Crippen LogP contribution in [-0.2, 0) is 4.79 Å². The molecular weight excluding hydrogens is 342 g/mol. The Morgan fingerprint density at radius 1 is 1.15 bits per heavy atom. The fraction of sp³-hybridized carbons (Fsp3) is 0.0909. The Hall–Kier alpha value is -2.85. The molecule has 0 amide bonds. The molecule has 0 unspecified atom stereocenters. The molecule has 0 spiro atoms. The first kappa shape index (κ1) is 18.0. The standard InChI is InChI=1S/C22H19NO2S/c1-15(14-24)8-13-20-16(2)23-22(17-9-11-18(25-3)12-10-17)19-6-4-5-7-21(19)26-20/h4-14H,1H2,2-3H3/b13-8-. The Labute approximate surface area is 157 Å². The second-order valence-corrected chi connectivity index (χ2v) is 6.85. The molecule has 2 aromatic carbocycles. The van der Waals surface area contributed by atoms with Crippen molar-refractivity contribution < 1.29 is 9.53 Å². The molecule has 0 saturated carbocycles. The number of fused-ring (bicyclic) bond motifs is 1. The van der Waals surface area contributed by atoms with Gasteiger partial charge in [0.2, 0.25) is 0 Å². The molecule has 26 heavy (non-hydrogen) atoms. The zero-order valence-corrected chi connectivity index (χ0v) is 15.5. The van der Waals surface area contributed by atoms with E-state index in [1.54, 1.807) is 24.9 Å². The van der Waals surface area contributed by atoms with Crippen molar-refractivity contribution >= 4 is 23.8 Å². The van der Waals surface area contributed by atoms with E-state index in [4.69, 9.17) is 9.73 Å². The average Bonchev–Trinajstić information content (AvgIpc) is 2.83. The lowest BCUT2D eigenvalue weighted by molar-refractivity contribution is -0.104. The maximum Gasteiger partial charge on any atom is 0.149 e. The average molecular weight is 361 g/mol. The Morgan fingerprint density at radius 2 is 1.88 bits per heavy atom. The molecule has 2 aromatic rings. The molecule has 0 aliphatic carbocycles. The van der Waals surface area contributed by atoms with Crippen molar-refractivity contribution in [2.24, 2.45) is 4.99 Å². The van der Waals surface area contributed by atoms with Crippen molar-refractivity contribution in [1.82, 2.24) is 0 Å². The number of methoxy groups -OCH3 is 1. The molecule has 1 aliphatic heterocycles. The van der Waals surface area contributed by atoms with E-state index in [-0.39, 0.29) is 0 Å². The Balaban J connectivity index is 2.11. The third kappa shape index (κ3) is 3.86. The molecule has 0 atom stereocenters. The van der Waals surface area contributed by atoms with E-state index in [1.807, 2.05) is 49.4 Å². The van der Waals surface area contributed by atoms with Crippen molar-refractivity contribution in [2.45, 2.75) is 11.8 Å². The van der Waals surface area contributed by atoms with Crippen LogP contribution in [0, 0.1) is 0 Å². The summed E-state index contributed by atoms with van der Waals surface area (Å²) in [4.78, 5) is 17.8. The molecule has 0 fully saturated rings. The number of aliphatic imine (C=N–C) groups is 1. The van der Waals surface area contributed by atoms with Crippen LogP contribution in [0.3, 0.4) is 0 Å². The quantitative estimate of drug-likeness (QED) is 0.418. The second-order valence-electron chi connectivity index (χ2n) is 5.76. The number of hydrogen-bond acceptors (Lipinski definition) is 4. The van der Waals surface area contributed by atoms with E-state index in [2.05, 4.69) is 18.7 Å². The van der Waals surface area contributed by atoms with Gasteiger partial charge >= 0.3 is 0 Å². The van der Waals surface area contributed by atoms with Crippen molar-refractivity contribution in [3.05, 3.63) is 94.6 Å². The van der Waals surface area contributed by atoms with Gasteiger partial charge in [-0.1, -0.05) is 42.6 Å². The van der Waals surface area contributed by atoms with Gasteiger partial charge in [0.15, 0.2) is 0 Å². The van der Waals surface area contributed by atoms with E-state index < -0.39 is 0 Å². The number of ether oxygens (including phenoxy) is 1. The van der Waals surface area contributed by atoms with Gasteiger partial charge in [-0.3, -0.25) is 9.79 Å². The van der Waals surface area contributed by atoms with Gasteiger partial charge < -0.3 is 4.74 Å². The lowest BCUT2D eigenvalue weighted by atomic mass is 10.0. The molecule has 0 N–H and O–H groups in total. The van der Waals surface area contributed by atoms with E-state index in [0.29, 0.717) is 5.57 Å². The topological polar surface area (TPSA) is 38.7 Å². The number of nitrogens with zero attached hydrogens (tertiary/aromatic N) is 1. The third-order valence-electron chi connectivity index (χ3n) is 3.96. The maximum absolute atomic E-state index is 10.8. The normalized spacial score (nSPS) is 13.8. The molecule has 4 heteroatoms. The Bertz CT molecular complexity index is 937. The van der Waals surface area contributed by atoms with Crippen molar-refractivity contribution in [1.29, 1.82) is 0 Å².